The zero-order valence-corrected chi connectivity index (χ0v) is 12.5. The Bertz CT molecular complexity index is 404. The summed E-state index contributed by atoms with van der Waals surface area (Å²) in [5.74, 6) is 0.883. The lowest BCUT2D eigenvalue weighted by Crippen LogP contribution is -2.24. The van der Waals surface area contributed by atoms with E-state index in [1.54, 1.807) is 0 Å². The maximum atomic E-state index is 3.99. The number of rotatable bonds is 4. The van der Waals surface area contributed by atoms with Crippen LogP contribution in [-0.2, 0) is 6.42 Å². The molecule has 0 saturated carbocycles. The molecule has 1 unspecified atom stereocenters. The maximum Gasteiger partial charge on any atom is 0.000672 e. The second-order valence-electron chi connectivity index (χ2n) is 6.14. The molecule has 1 aromatic carbocycles. The Labute approximate surface area is 118 Å². The first-order chi connectivity index (χ1) is 9.15. The van der Waals surface area contributed by atoms with Crippen LogP contribution >= 0.6 is 0 Å². The van der Waals surface area contributed by atoms with Gasteiger partial charge in [0.25, 0.3) is 0 Å². The van der Waals surface area contributed by atoms with E-state index in [4.69, 9.17) is 0 Å². The lowest BCUT2D eigenvalue weighted by atomic mass is 9.94. The molecule has 0 aliphatic carbocycles. The third-order valence-electron chi connectivity index (χ3n) is 4.26. The smallest absolute Gasteiger partial charge is 0.000672 e. The molecule has 0 radical (unpaired) electrons. The van der Waals surface area contributed by atoms with E-state index in [1.165, 1.54) is 56.3 Å². The van der Waals surface area contributed by atoms with Gasteiger partial charge in [0.1, 0.15) is 0 Å². The predicted octanol–water partition coefficient (Wildman–Crippen LogP) is 4.38. The number of hydrogen-bond acceptors (Lipinski definition) is 1. The van der Waals surface area contributed by atoms with Crippen molar-refractivity contribution in [2.45, 2.75) is 39.0 Å². The van der Waals surface area contributed by atoms with Crippen LogP contribution in [0.3, 0.4) is 0 Å². The second kappa shape index (κ2) is 6.91. The lowest BCUT2D eigenvalue weighted by molar-refractivity contribution is 0.290. The van der Waals surface area contributed by atoms with Gasteiger partial charge in [0.05, 0.1) is 0 Å². The van der Waals surface area contributed by atoms with Crippen LogP contribution in [-0.4, -0.2) is 25.0 Å². The molecule has 19 heavy (non-hydrogen) atoms. The van der Waals surface area contributed by atoms with Crippen LogP contribution in [0, 0.1) is 5.92 Å². The van der Waals surface area contributed by atoms with Crippen molar-refractivity contribution in [1.29, 1.82) is 0 Å². The van der Waals surface area contributed by atoms with Gasteiger partial charge in [-0.2, -0.15) is 0 Å². The molecule has 0 spiro atoms. The fourth-order valence-electron chi connectivity index (χ4n) is 3.00. The summed E-state index contributed by atoms with van der Waals surface area (Å²) in [5, 5.41) is 0. The van der Waals surface area contributed by atoms with Gasteiger partial charge < -0.3 is 4.90 Å². The van der Waals surface area contributed by atoms with E-state index in [-0.39, 0.29) is 0 Å². The van der Waals surface area contributed by atoms with Gasteiger partial charge in [0.2, 0.25) is 0 Å². The number of hydrogen-bond donors (Lipinski definition) is 0. The summed E-state index contributed by atoms with van der Waals surface area (Å²) in [4.78, 5) is 2.50. The zero-order chi connectivity index (χ0) is 13.7. The molecule has 0 N–H and O–H groups in total. The van der Waals surface area contributed by atoms with Crippen molar-refractivity contribution in [3.8, 4) is 0 Å². The standard InChI is InChI=1S/C18H27N/c1-15(2)18-11-9-16(10-12-18)7-8-17-6-4-5-13-19(3)14-17/h9-12,17H,1,4-8,13-14H2,2-3H3. The van der Waals surface area contributed by atoms with E-state index in [1.807, 2.05) is 0 Å². The minimum atomic E-state index is 0.883. The van der Waals surface area contributed by atoms with Crippen LogP contribution in [0.4, 0.5) is 0 Å². The molecule has 1 heteroatoms. The molecule has 1 aliphatic rings. The van der Waals surface area contributed by atoms with E-state index in [0.29, 0.717) is 0 Å². The number of benzene rings is 1. The molecule has 1 nitrogen and oxygen atoms in total. The van der Waals surface area contributed by atoms with Gasteiger partial charge in [-0.05, 0) is 63.2 Å². The van der Waals surface area contributed by atoms with Crippen molar-refractivity contribution in [1.82, 2.24) is 4.90 Å². The molecule has 1 fully saturated rings. The largest absolute Gasteiger partial charge is 0.306 e. The molecule has 0 bridgehead atoms. The van der Waals surface area contributed by atoms with Gasteiger partial charge in [0, 0.05) is 6.54 Å². The average Bonchev–Trinajstić information content (AvgIpc) is 2.61. The number of likely N-dealkylation sites (tertiary alicyclic amines) is 1. The summed E-state index contributed by atoms with van der Waals surface area (Å²) in [6, 6.07) is 8.95. The van der Waals surface area contributed by atoms with Crippen molar-refractivity contribution in [3.05, 3.63) is 42.0 Å². The quantitative estimate of drug-likeness (QED) is 0.773. The van der Waals surface area contributed by atoms with Gasteiger partial charge in [0.15, 0.2) is 0 Å². The van der Waals surface area contributed by atoms with E-state index < -0.39 is 0 Å². The number of aryl methyl sites for hydroxylation is 1. The van der Waals surface area contributed by atoms with Gasteiger partial charge >= 0.3 is 0 Å². The summed E-state index contributed by atoms with van der Waals surface area (Å²) in [6.45, 7) is 8.62. The van der Waals surface area contributed by atoms with Crippen molar-refractivity contribution < 1.29 is 0 Å². The van der Waals surface area contributed by atoms with E-state index in [9.17, 15) is 0 Å². The van der Waals surface area contributed by atoms with Crippen molar-refractivity contribution in [3.63, 3.8) is 0 Å². The SMILES string of the molecule is C=C(C)c1ccc(CCC2CCCCN(C)C2)cc1. The Kier molecular flexibility index (Phi) is 5.21. The molecule has 0 aromatic heterocycles. The topological polar surface area (TPSA) is 3.24 Å². The van der Waals surface area contributed by atoms with Crippen LogP contribution in [0.15, 0.2) is 30.8 Å². The molecule has 104 valence electrons. The Hall–Kier alpha value is -1.08. The third kappa shape index (κ3) is 4.50. The first-order valence-corrected chi connectivity index (χ1v) is 7.58. The summed E-state index contributed by atoms with van der Waals surface area (Å²) in [6.07, 6.45) is 6.74. The fourth-order valence-corrected chi connectivity index (χ4v) is 3.00. The van der Waals surface area contributed by atoms with E-state index in [2.05, 4.69) is 49.7 Å². The van der Waals surface area contributed by atoms with Gasteiger partial charge in [-0.15, -0.1) is 0 Å². The highest BCUT2D eigenvalue weighted by Gasteiger charge is 2.15. The van der Waals surface area contributed by atoms with Crippen molar-refractivity contribution in [2.75, 3.05) is 20.1 Å². The minimum Gasteiger partial charge on any atom is -0.306 e. The third-order valence-corrected chi connectivity index (χ3v) is 4.26. The van der Waals surface area contributed by atoms with Crippen LogP contribution < -0.4 is 0 Å². The molecular formula is C18H27N. The average molecular weight is 257 g/mol. The summed E-state index contributed by atoms with van der Waals surface area (Å²) >= 11 is 0. The summed E-state index contributed by atoms with van der Waals surface area (Å²) in [7, 11) is 2.26. The molecular weight excluding hydrogens is 230 g/mol. The lowest BCUT2D eigenvalue weighted by Gasteiger charge is -2.19. The normalized spacial score (nSPS) is 21.1. The minimum absolute atomic E-state index is 0.883. The molecule has 1 saturated heterocycles. The molecule has 1 atom stereocenters. The fraction of sp³-hybridized carbons (Fsp3) is 0.556. The van der Waals surface area contributed by atoms with Gasteiger partial charge in [-0.1, -0.05) is 42.8 Å². The predicted molar refractivity (Wildman–Crippen MR) is 84.3 cm³/mol. The van der Waals surface area contributed by atoms with Crippen LogP contribution in [0.5, 0.6) is 0 Å². The molecule has 2 rings (SSSR count). The molecule has 1 aliphatic heterocycles. The number of nitrogens with zero attached hydrogens (tertiary/aromatic N) is 1. The first kappa shape index (κ1) is 14.3. The van der Waals surface area contributed by atoms with Crippen molar-refractivity contribution in [2.24, 2.45) is 5.92 Å². The molecule has 0 amide bonds. The summed E-state index contributed by atoms with van der Waals surface area (Å²) in [5.41, 5.74) is 3.88. The Morgan fingerprint density at radius 3 is 2.68 bits per heavy atom. The second-order valence-corrected chi connectivity index (χ2v) is 6.14. The summed E-state index contributed by atoms with van der Waals surface area (Å²) < 4.78 is 0. The van der Waals surface area contributed by atoms with Gasteiger partial charge in [-0.25, -0.2) is 0 Å². The Morgan fingerprint density at radius 2 is 2.00 bits per heavy atom. The molecule has 1 heterocycles. The highest BCUT2D eigenvalue weighted by molar-refractivity contribution is 5.61. The maximum absolute atomic E-state index is 3.99. The van der Waals surface area contributed by atoms with Gasteiger partial charge in [-0.3, -0.25) is 0 Å². The highest BCUT2D eigenvalue weighted by Crippen LogP contribution is 2.21. The zero-order valence-electron chi connectivity index (χ0n) is 12.5. The first-order valence-electron chi connectivity index (χ1n) is 7.58. The monoisotopic (exact) mass is 257 g/mol. The van der Waals surface area contributed by atoms with Crippen LogP contribution in [0.25, 0.3) is 5.57 Å². The van der Waals surface area contributed by atoms with E-state index >= 15 is 0 Å². The Morgan fingerprint density at radius 1 is 1.26 bits per heavy atom. The van der Waals surface area contributed by atoms with Crippen LogP contribution in [0.1, 0.15) is 43.7 Å². The van der Waals surface area contributed by atoms with Crippen molar-refractivity contribution >= 4 is 5.57 Å². The van der Waals surface area contributed by atoms with E-state index in [0.717, 1.165) is 11.5 Å². The highest BCUT2D eigenvalue weighted by atomic mass is 15.1. The molecule has 1 aromatic rings. The number of allylic oxidation sites excluding steroid dienone is 1. The Balaban J connectivity index is 1.85. The van der Waals surface area contributed by atoms with Crippen LogP contribution in [0.2, 0.25) is 0 Å².